The van der Waals surface area contributed by atoms with Gasteiger partial charge >= 0.3 is 0 Å². The molecule has 0 bridgehead atoms. The molecule has 3 aromatic rings. The summed E-state index contributed by atoms with van der Waals surface area (Å²) in [6, 6.07) is 23.2. The predicted octanol–water partition coefficient (Wildman–Crippen LogP) is 4.36. The summed E-state index contributed by atoms with van der Waals surface area (Å²) >= 11 is 0. The summed E-state index contributed by atoms with van der Waals surface area (Å²) in [5.74, 6) is 0.262. The number of fused-ring (bicyclic) bond motifs is 2. The van der Waals surface area contributed by atoms with Crippen molar-refractivity contribution in [2.75, 3.05) is 6.54 Å². The number of hydrogen-bond donors (Lipinski definition) is 0. The second-order valence-electron chi connectivity index (χ2n) is 6.47. The zero-order valence-electron chi connectivity index (χ0n) is 13.7. The molecule has 1 aliphatic heterocycles. The summed E-state index contributed by atoms with van der Waals surface area (Å²) in [6.45, 7) is 1.59. The van der Waals surface area contributed by atoms with E-state index in [0.717, 1.165) is 25.9 Å². The van der Waals surface area contributed by atoms with Gasteiger partial charge in [-0.2, -0.15) is 0 Å². The van der Waals surface area contributed by atoms with E-state index in [0.29, 0.717) is 6.42 Å². The normalized spacial score (nSPS) is 13.8. The summed E-state index contributed by atoms with van der Waals surface area (Å²) in [7, 11) is 0. The number of carbonyl (C=O) groups excluding carboxylic acids is 1. The van der Waals surface area contributed by atoms with Crippen LogP contribution in [0.1, 0.15) is 23.1 Å². The summed E-state index contributed by atoms with van der Waals surface area (Å²) < 4.78 is 0. The standard InChI is InChI=1S/C22H21NO/c24-22(23-15-14-17-6-1-2-8-20(17)16-23)13-12-19-10-5-9-18-7-3-4-11-21(18)19/h1-11H,12-16H2. The molecular weight excluding hydrogens is 294 g/mol. The largest absolute Gasteiger partial charge is 0.338 e. The van der Waals surface area contributed by atoms with Crippen LogP contribution in [0, 0.1) is 0 Å². The van der Waals surface area contributed by atoms with Crippen LogP contribution in [0.4, 0.5) is 0 Å². The van der Waals surface area contributed by atoms with E-state index in [1.807, 2.05) is 4.90 Å². The third-order valence-electron chi connectivity index (χ3n) is 4.97. The Labute approximate surface area is 142 Å². The van der Waals surface area contributed by atoms with E-state index in [9.17, 15) is 4.79 Å². The van der Waals surface area contributed by atoms with E-state index >= 15 is 0 Å². The Hall–Kier alpha value is -2.61. The maximum Gasteiger partial charge on any atom is 0.223 e. The van der Waals surface area contributed by atoms with Crippen LogP contribution in [0.15, 0.2) is 66.7 Å². The fraction of sp³-hybridized carbons (Fsp3) is 0.227. The van der Waals surface area contributed by atoms with Gasteiger partial charge in [0, 0.05) is 19.5 Å². The molecule has 0 atom stereocenters. The van der Waals surface area contributed by atoms with Crippen molar-refractivity contribution in [3.05, 3.63) is 83.4 Å². The minimum atomic E-state index is 0.262. The maximum absolute atomic E-state index is 12.6. The number of aryl methyl sites for hydroxylation is 1. The molecule has 0 saturated carbocycles. The van der Waals surface area contributed by atoms with Gasteiger partial charge in [-0.25, -0.2) is 0 Å². The molecule has 1 heterocycles. The molecule has 2 nitrogen and oxygen atoms in total. The highest BCUT2D eigenvalue weighted by Crippen LogP contribution is 2.22. The van der Waals surface area contributed by atoms with Crippen molar-refractivity contribution in [3.8, 4) is 0 Å². The third kappa shape index (κ3) is 2.92. The van der Waals surface area contributed by atoms with Gasteiger partial charge in [-0.15, -0.1) is 0 Å². The third-order valence-corrected chi connectivity index (χ3v) is 4.97. The van der Waals surface area contributed by atoms with Crippen LogP contribution in [-0.2, 0) is 24.2 Å². The molecule has 1 aliphatic rings. The molecule has 0 saturated heterocycles. The monoisotopic (exact) mass is 315 g/mol. The molecule has 1 amide bonds. The fourth-order valence-electron chi connectivity index (χ4n) is 3.62. The van der Waals surface area contributed by atoms with Gasteiger partial charge in [0.25, 0.3) is 0 Å². The fourth-order valence-corrected chi connectivity index (χ4v) is 3.62. The Morgan fingerprint density at radius 2 is 1.62 bits per heavy atom. The molecule has 0 aromatic heterocycles. The van der Waals surface area contributed by atoms with Gasteiger partial charge in [0.2, 0.25) is 5.91 Å². The topological polar surface area (TPSA) is 20.3 Å². The quantitative estimate of drug-likeness (QED) is 0.703. The first-order valence-corrected chi connectivity index (χ1v) is 8.62. The van der Waals surface area contributed by atoms with Gasteiger partial charge in [0.1, 0.15) is 0 Å². The Balaban J connectivity index is 1.45. The molecule has 0 fully saturated rings. The van der Waals surface area contributed by atoms with E-state index in [2.05, 4.69) is 66.7 Å². The zero-order chi connectivity index (χ0) is 16.4. The number of hydrogen-bond acceptors (Lipinski definition) is 1. The lowest BCUT2D eigenvalue weighted by Crippen LogP contribution is -2.36. The lowest BCUT2D eigenvalue weighted by molar-refractivity contribution is -0.132. The molecule has 0 radical (unpaired) electrons. The van der Waals surface area contributed by atoms with Crippen molar-refractivity contribution in [1.82, 2.24) is 4.90 Å². The van der Waals surface area contributed by atoms with Crippen LogP contribution < -0.4 is 0 Å². The minimum absolute atomic E-state index is 0.262. The van der Waals surface area contributed by atoms with E-state index < -0.39 is 0 Å². The lowest BCUT2D eigenvalue weighted by atomic mass is 9.98. The molecule has 0 aliphatic carbocycles. The number of carbonyl (C=O) groups is 1. The van der Waals surface area contributed by atoms with Crippen molar-refractivity contribution < 1.29 is 4.79 Å². The van der Waals surface area contributed by atoms with Gasteiger partial charge < -0.3 is 4.90 Å². The SMILES string of the molecule is O=C(CCc1cccc2ccccc12)N1CCc2ccccc2C1. The van der Waals surface area contributed by atoms with E-state index in [-0.39, 0.29) is 5.91 Å². The molecule has 4 rings (SSSR count). The summed E-state index contributed by atoms with van der Waals surface area (Å²) in [4.78, 5) is 14.7. The second kappa shape index (κ2) is 6.48. The van der Waals surface area contributed by atoms with Gasteiger partial charge in [0.05, 0.1) is 0 Å². The van der Waals surface area contributed by atoms with Crippen LogP contribution in [0.25, 0.3) is 10.8 Å². The highest BCUT2D eigenvalue weighted by atomic mass is 16.2. The van der Waals surface area contributed by atoms with Crippen LogP contribution in [0.3, 0.4) is 0 Å². The average molecular weight is 315 g/mol. The Kier molecular flexibility index (Phi) is 4.04. The number of rotatable bonds is 3. The zero-order valence-corrected chi connectivity index (χ0v) is 13.7. The predicted molar refractivity (Wildman–Crippen MR) is 97.8 cm³/mol. The minimum Gasteiger partial charge on any atom is -0.338 e. The highest BCUT2D eigenvalue weighted by Gasteiger charge is 2.20. The molecule has 0 spiro atoms. The van der Waals surface area contributed by atoms with Crippen LogP contribution in [-0.4, -0.2) is 17.4 Å². The van der Waals surface area contributed by atoms with Crippen molar-refractivity contribution >= 4 is 16.7 Å². The van der Waals surface area contributed by atoms with Crippen LogP contribution >= 0.6 is 0 Å². The van der Waals surface area contributed by atoms with Crippen molar-refractivity contribution in [1.29, 1.82) is 0 Å². The van der Waals surface area contributed by atoms with Gasteiger partial charge in [-0.3, -0.25) is 4.79 Å². The van der Waals surface area contributed by atoms with E-state index in [1.54, 1.807) is 0 Å². The van der Waals surface area contributed by atoms with Crippen LogP contribution in [0.2, 0.25) is 0 Å². The second-order valence-corrected chi connectivity index (χ2v) is 6.47. The summed E-state index contributed by atoms with van der Waals surface area (Å²) in [6.07, 6.45) is 2.35. The lowest BCUT2D eigenvalue weighted by Gasteiger charge is -2.29. The van der Waals surface area contributed by atoms with Gasteiger partial charge in [-0.05, 0) is 40.3 Å². The highest BCUT2D eigenvalue weighted by molar-refractivity contribution is 5.86. The molecule has 120 valence electrons. The molecule has 2 heteroatoms. The van der Waals surface area contributed by atoms with Crippen molar-refractivity contribution in [2.24, 2.45) is 0 Å². The molecule has 0 N–H and O–H groups in total. The average Bonchev–Trinajstić information content (AvgIpc) is 2.65. The molecular formula is C22H21NO. The first kappa shape index (κ1) is 14.9. The smallest absolute Gasteiger partial charge is 0.223 e. The Morgan fingerprint density at radius 3 is 2.54 bits per heavy atom. The number of benzene rings is 3. The molecule has 0 unspecified atom stereocenters. The van der Waals surface area contributed by atoms with Crippen molar-refractivity contribution in [3.63, 3.8) is 0 Å². The maximum atomic E-state index is 12.6. The number of nitrogens with zero attached hydrogens (tertiary/aromatic N) is 1. The van der Waals surface area contributed by atoms with Gasteiger partial charge in [-0.1, -0.05) is 66.7 Å². The van der Waals surface area contributed by atoms with Crippen molar-refractivity contribution in [2.45, 2.75) is 25.8 Å². The Morgan fingerprint density at radius 1 is 0.875 bits per heavy atom. The van der Waals surface area contributed by atoms with E-state index in [1.165, 1.54) is 27.5 Å². The number of amides is 1. The summed E-state index contributed by atoms with van der Waals surface area (Å²) in [5, 5.41) is 2.51. The summed E-state index contributed by atoms with van der Waals surface area (Å²) in [5.41, 5.74) is 3.94. The molecule has 3 aromatic carbocycles. The first-order chi connectivity index (χ1) is 11.8. The van der Waals surface area contributed by atoms with E-state index in [4.69, 9.17) is 0 Å². The molecule has 24 heavy (non-hydrogen) atoms. The Bertz CT molecular complexity index is 879. The first-order valence-electron chi connectivity index (χ1n) is 8.62. The van der Waals surface area contributed by atoms with Crippen LogP contribution in [0.5, 0.6) is 0 Å². The van der Waals surface area contributed by atoms with Gasteiger partial charge in [0.15, 0.2) is 0 Å².